The van der Waals surface area contributed by atoms with E-state index in [9.17, 15) is 15.0 Å². The van der Waals surface area contributed by atoms with Crippen molar-refractivity contribution in [3.8, 4) is 0 Å². The van der Waals surface area contributed by atoms with E-state index >= 15 is 0 Å². The van der Waals surface area contributed by atoms with E-state index < -0.39 is 24.4 Å². The molecule has 1 fully saturated rings. The maximum absolute atomic E-state index is 12.1. The van der Waals surface area contributed by atoms with Gasteiger partial charge in [0.15, 0.2) is 0 Å². The predicted molar refractivity (Wildman–Crippen MR) is 97.3 cm³/mol. The van der Waals surface area contributed by atoms with E-state index in [0.717, 1.165) is 11.3 Å². The summed E-state index contributed by atoms with van der Waals surface area (Å²) in [5, 5.41) is 26.3. The molecule has 4 N–H and O–H groups in total. The minimum Gasteiger partial charge on any atom is -0.388 e. The zero-order valence-electron chi connectivity index (χ0n) is 14.9. The predicted octanol–water partition coefficient (Wildman–Crippen LogP) is -0.238. The highest BCUT2D eigenvalue weighted by atomic mass is 16.5. The van der Waals surface area contributed by atoms with E-state index in [2.05, 4.69) is 20.6 Å². The van der Waals surface area contributed by atoms with Crippen molar-refractivity contribution in [1.29, 1.82) is 0 Å². The van der Waals surface area contributed by atoms with Gasteiger partial charge in [-0.3, -0.25) is 14.8 Å². The molecule has 1 aliphatic heterocycles. The molecule has 3 rings (SSSR count). The summed E-state index contributed by atoms with van der Waals surface area (Å²) in [6, 6.07) is 9.29. The van der Waals surface area contributed by atoms with Gasteiger partial charge < -0.3 is 25.6 Å². The van der Waals surface area contributed by atoms with Crippen LogP contribution in [0.25, 0.3) is 0 Å². The number of nitrogens with one attached hydrogen (secondary N) is 2. The Balaban J connectivity index is 1.42. The topological polar surface area (TPSA) is 117 Å². The van der Waals surface area contributed by atoms with Crippen molar-refractivity contribution in [2.45, 2.75) is 43.9 Å². The first-order chi connectivity index (χ1) is 13.1. The first kappa shape index (κ1) is 19.4. The Kier molecular flexibility index (Phi) is 6.83. The first-order valence-corrected chi connectivity index (χ1v) is 8.91. The van der Waals surface area contributed by atoms with Gasteiger partial charge in [-0.05, 0) is 23.8 Å². The molecule has 0 saturated carbocycles. The number of aromatic nitrogens is 2. The second kappa shape index (κ2) is 9.52. The van der Waals surface area contributed by atoms with Crippen molar-refractivity contribution in [2.24, 2.45) is 0 Å². The molecule has 0 spiro atoms. The summed E-state index contributed by atoms with van der Waals surface area (Å²) in [6.07, 6.45) is 1.56. The van der Waals surface area contributed by atoms with Crippen LogP contribution >= 0.6 is 0 Å². The zero-order chi connectivity index (χ0) is 19.1. The third-order valence-electron chi connectivity index (χ3n) is 4.44. The number of aliphatic hydroxyl groups is 2. The fourth-order valence-corrected chi connectivity index (χ4v) is 2.97. The third-order valence-corrected chi connectivity index (χ3v) is 4.44. The number of hydrogen-bond donors (Lipinski definition) is 4. The van der Waals surface area contributed by atoms with E-state index in [1.807, 2.05) is 24.3 Å². The number of hydrogen-bond acceptors (Lipinski definition) is 7. The molecule has 4 atom stereocenters. The van der Waals surface area contributed by atoms with Crippen LogP contribution < -0.4 is 10.6 Å². The Hall–Kier alpha value is -2.39. The highest BCUT2D eigenvalue weighted by Gasteiger charge is 2.42. The molecule has 1 saturated heterocycles. The highest BCUT2D eigenvalue weighted by molar-refractivity contribution is 5.76. The van der Waals surface area contributed by atoms with Gasteiger partial charge in [-0.15, -0.1) is 0 Å². The van der Waals surface area contributed by atoms with E-state index in [0.29, 0.717) is 19.6 Å². The maximum atomic E-state index is 12.1. The number of aliphatic hydroxyl groups excluding tert-OH is 2. The minimum absolute atomic E-state index is 0.0186. The lowest BCUT2D eigenvalue weighted by atomic mass is 10.1. The van der Waals surface area contributed by atoms with Crippen LogP contribution in [0.15, 0.2) is 48.9 Å². The van der Waals surface area contributed by atoms with E-state index in [4.69, 9.17) is 4.74 Å². The molecule has 144 valence electrons. The Morgan fingerprint density at radius 1 is 1.07 bits per heavy atom. The van der Waals surface area contributed by atoms with Crippen molar-refractivity contribution in [3.05, 3.63) is 60.2 Å². The average molecular weight is 372 g/mol. The molecule has 3 heterocycles. The molecule has 1 amide bonds. The number of carbonyl (C=O) groups excluding carboxylic acids is 1. The summed E-state index contributed by atoms with van der Waals surface area (Å²) in [6.45, 7) is 1.23. The van der Waals surface area contributed by atoms with Crippen molar-refractivity contribution in [3.63, 3.8) is 0 Å². The summed E-state index contributed by atoms with van der Waals surface area (Å²) < 4.78 is 5.69. The standard InChI is InChI=1S/C19H24N4O4/c24-17(23-10-13-4-3-6-20-9-13)8-15-18(25)19(26)16(27-15)12-21-11-14-5-1-2-7-22-14/h1-7,9,15-16,18-19,21,25-26H,8,10-12H2,(H,23,24)/t15-,16-,18-,19+/m0/s1. The van der Waals surface area contributed by atoms with Crippen LogP contribution in [0.3, 0.4) is 0 Å². The van der Waals surface area contributed by atoms with Crippen LogP contribution in [0.1, 0.15) is 17.7 Å². The molecule has 27 heavy (non-hydrogen) atoms. The van der Waals surface area contributed by atoms with E-state index in [1.54, 1.807) is 24.7 Å². The molecule has 0 aliphatic carbocycles. The number of nitrogens with zero attached hydrogens (tertiary/aromatic N) is 2. The Labute approximate surface area is 157 Å². The van der Waals surface area contributed by atoms with Gasteiger partial charge in [0, 0.05) is 38.2 Å². The van der Waals surface area contributed by atoms with Crippen LogP contribution in [0, 0.1) is 0 Å². The number of amides is 1. The molecule has 0 bridgehead atoms. The molecule has 0 unspecified atom stereocenters. The van der Waals surface area contributed by atoms with E-state index in [1.165, 1.54) is 0 Å². The first-order valence-electron chi connectivity index (χ1n) is 8.91. The van der Waals surface area contributed by atoms with Gasteiger partial charge in [-0.1, -0.05) is 12.1 Å². The van der Waals surface area contributed by atoms with Crippen LogP contribution in [0.4, 0.5) is 0 Å². The lowest BCUT2D eigenvalue weighted by Crippen LogP contribution is -2.38. The Morgan fingerprint density at radius 2 is 1.93 bits per heavy atom. The van der Waals surface area contributed by atoms with Gasteiger partial charge in [0.2, 0.25) is 5.91 Å². The second-order valence-electron chi connectivity index (χ2n) is 6.49. The Morgan fingerprint density at radius 3 is 2.67 bits per heavy atom. The summed E-state index contributed by atoms with van der Waals surface area (Å²) in [7, 11) is 0. The summed E-state index contributed by atoms with van der Waals surface area (Å²) >= 11 is 0. The van der Waals surface area contributed by atoms with Crippen LogP contribution in [0.2, 0.25) is 0 Å². The van der Waals surface area contributed by atoms with Crippen LogP contribution in [-0.4, -0.2) is 57.0 Å². The monoisotopic (exact) mass is 372 g/mol. The van der Waals surface area contributed by atoms with Gasteiger partial charge in [0.1, 0.15) is 12.2 Å². The average Bonchev–Trinajstić information content (AvgIpc) is 2.96. The van der Waals surface area contributed by atoms with Gasteiger partial charge in [0.25, 0.3) is 0 Å². The molecule has 8 heteroatoms. The quantitative estimate of drug-likeness (QED) is 0.505. The molecular formula is C19H24N4O4. The third kappa shape index (κ3) is 5.54. The number of rotatable bonds is 8. The lowest BCUT2D eigenvalue weighted by Gasteiger charge is -2.15. The lowest BCUT2D eigenvalue weighted by molar-refractivity contribution is -0.125. The van der Waals surface area contributed by atoms with E-state index in [-0.39, 0.29) is 12.3 Å². The minimum atomic E-state index is -1.10. The molecule has 0 aromatic carbocycles. The van der Waals surface area contributed by atoms with Gasteiger partial charge in [-0.2, -0.15) is 0 Å². The normalized spacial score (nSPS) is 24.7. The number of ether oxygens (including phenoxy) is 1. The fraction of sp³-hybridized carbons (Fsp3) is 0.421. The summed E-state index contributed by atoms with van der Waals surface area (Å²) in [5.74, 6) is -0.253. The summed E-state index contributed by atoms with van der Waals surface area (Å²) in [4.78, 5) is 20.3. The molecular weight excluding hydrogens is 348 g/mol. The summed E-state index contributed by atoms with van der Waals surface area (Å²) in [5.41, 5.74) is 1.76. The SMILES string of the molecule is O=C(C[C@@H]1O[C@@H](CNCc2ccccn2)[C@@H](O)[C@H]1O)NCc1cccnc1. The molecule has 2 aromatic heterocycles. The fourth-order valence-electron chi connectivity index (χ4n) is 2.97. The van der Waals surface area contributed by atoms with Crippen molar-refractivity contribution in [1.82, 2.24) is 20.6 Å². The largest absolute Gasteiger partial charge is 0.388 e. The highest BCUT2D eigenvalue weighted by Crippen LogP contribution is 2.23. The number of pyridine rings is 2. The zero-order valence-corrected chi connectivity index (χ0v) is 14.9. The molecule has 8 nitrogen and oxygen atoms in total. The maximum Gasteiger partial charge on any atom is 0.222 e. The molecule has 0 radical (unpaired) electrons. The van der Waals surface area contributed by atoms with Gasteiger partial charge >= 0.3 is 0 Å². The molecule has 1 aliphatic rings. The number of carbonyl (C=O) groups is 1. The van der Waals surface area contributed by atoms with Crippen molar-refractivity contribution in [2.75, 3.05) is 6.54 Å². The van der Waals surface area contributed by atoms with Gasteiger partial charge in [0.05, 0.1) is 24.3 Å². The smallest absolute Gasteiger partial charge is 0.222 e. The Bertz CT molecular complexity index is 716. The van der Waals surface area contributed by atoms with Crippen LogP contribution in [-0.2, 0) is 22.6 Å². The second-order valence-corrected chi connectivity index (χ2v) is 6.49. The van der Waals surface area contributed by atoms with Crippen molar-refractivity contribution < 1.29 is 19.7 Å². The molecule has 2 aromatic rings. The van der Waals surface area contributed by atoms with Gasteiger partial charge in [-0.25, -0.2) is 0 Å². The van der Waals surface area contributed by atoms with Crippen LogP contribution in [0.5, 0.6) is 0 Å². The van der Waals surface area contributed by atoms with Crippen molar-refractivity contribution >= 4 is 5.91 Å².